The number of hydrogen-bond donors (Lipinski definition) is 0. The minimum Gasteiger partial charge on any atom is -0.248 e. The first-order valence-corrected chi connectivity index (χ1v) is 2.99. The van der Waals surface area contributed by atoms with E-state index in [9.17, 15) is 0 Å². The lowest BCUT2D eigenvalue weighted by molar-refractivity contribution is 0.627. The third-order valence-corrected chi connectivity index (χ3v) is 0.770. The molecule has 0 saturated heterocycles. The molecule has 0 aromatic heterocycles. The SMILES string of the molecule is CC/C=C/C(C)(C)[NH]. The molecule has 0 bridgehead atoms. The lowest BCUT2D eigenvalue weighted by Gasteiger charge is -2.08. The Bertz CT molecular complexity index is 76.9. The van der Waals surface area contributed by atoms with Gasteiger partial charge in [0.15, 0.2) is 0 Å². The van der Waals surface area contributed by atoms with Gasteiger partial charge in [-0.1, -0.05) is 19.1 Å². The Kier molecular flexibility index (Phi) is 2.77. The third-order valence-electron chi connectivity index (χ3n) is 0.770. The lowest BCUT2D eigenvalue weighted by atomic mass is 10.1. The van der Waals surface area contributed by atoms with Crippen molar-refractivity contribution in [3.05, 3.63) is 12.2 Å². The van der Waals surface area contributed by atoms with E-state index < -0.39 is 0 Å². The van der Waals surface area contributed by atoms with E-state index in [1.165, 1.54) is 0 Å². The van der Waals surface area contributed by atoms with E-state index in [1.807, 2.05) is 26.0 Å². The summed E-state index contributed by atoms with van der Waals surface area (Å²) in [5.74, 6) is 0. The molecule has 0 rings (SSSR count). The molecule has 0 aliphatic rings. The molecule has 0 saturated carbocycles. The zero-order valence-electron chi connectivity index (χ0n) is 5.86. The molecule has 1 heteroatoms. The molecule has 0 unspecified atom stereocenters. The molecule has 0 heterocycles. The number of hydrogen-bond acceptors (Lipinski definition) is 0. The maximum Gasteiger partial charge on any atom is 0.0446 e. The van der Waals surface area contributed by atoms with Crippen molar-refractivity contribution < 1.29 is 0 Å². The highest BCUT2D eigenvalue weighted by atomic mass is 14.7. The van der Waals surface area contributed by atoms with Gasteiger partial charge in [0.1, 0.15) is 0 Å². The Labute approximate surface area is 51.6 Å². The zero-order valence-corrected chi connectivity index (χ0v) is 5.86. The van der Waals surface area contributed by atoms with Gasteiger partial charge < -0.3 is 0 Å². The molecule has 0 atom stereocenters. The fourth-order valence-corrected chi connectivity index (χ4v) is 0.412. The van der Waals surface area contributed by atoms with Crippen molar-refractivity contribution in [3.8, 4) is 0 Å². The van der Waals surface area contributed by atoms with E-state index in [-0.39, 0.29) is 5.54 Å². The average molecular weight is 112 g/mol. The van der Waals surface area contributed by atoms with E-state index >= 15 is 0 Å². The molecule has 0 aliphatic carbocycles. The van der Waals surface area contributed by atoms with E-state index in [0.29, 0.717) is 0 Å². The molecule has 8 heavy (non-hydrogen) atoms. The second-order valence-corrected chi connectivity index (χ2v) is 2.53. The van der Waals surface area contributed by atoms with Crippen LogP contribution in [0.15, 0.2) is 12.2 Å². The molecule has 47 valence electrons. The maximum absolute atomic E-state index is 7.35. The van der Waals surface area contributed by atoms with Crippen molar-refractivity contribution in [2.75, 3.05) is 0 Å². The fraction of sp³-hybridized carbons (Fsp3) is 0.714. The van der Waals surface area contributed by atoms with Crippen LogP contribution in [0, 0.1) is 0 Å². The Morgan fingerprint density at radius 3 is 2.12 bits per heavy atom. The van der Waals surface area contributed by atoms with Gasteiger partial charge in [0.25, 0.3) is 0 Å². The largest absolute Gasteiger partial charge is 0.248 e. The Balaban J connectivity index is 3.52. The predicted molar refractivity (Wildman–Crippen MR) is 36.6 cm³/mol. The van der Waals surface area contributed by atoms with Gasteiger partial charge in [-0.05, 0) is 20.3 Å². The van der Waals surface area contributed by atoms with Crippen LogP contribution in [0.5, 0.6) is 0 Å². The third kappa shape index (κ3) is 5.70. The van der Waals surface area contributed by atoms with Crippen molar-refractivity contribution >= 4 is 0 Å². The minimum absolute atomic E-state index is 0.379. The summed E-state index contributed by atoms with van der Waals surface area (Å²) < 4.78 is 0. The van der Waals surface area contributed by atoms with Crippen LogP contribution in [0.1, 0.15) is 27.2 Å². The summed E-state index contributed by atoms with van der Waals surface area (Å²) in [6, 6.07) is 0. The molecule has 0 fully saturated rings. The predicted octanol–water partition coefficient (Wildman–Crippen LogP) is 2.01. The van der Waals surface area contributed by atoms with Crippen molar-refractivity contribution in [2.24, 2.45) is 0 Å². The highest BCUT2D eigenvalue weighted by Crippen LogP contribution is 2.00. The molecular weight excluding hydrogens is 98.1 g/mol. The van der Waals surface area contributed by atoms with Crippen LogP contribution in [0.25, 0.3) is 0 Å². The summed E-state index contributed by atoms with van der Waals surface area (Å²) in [7, 11) is 0. The summed E-state index contributed by atoms with van der Waals surface area (Å²) in [6.07, 6.45) is 4.96. The summed E-state index contributed by atoms with van der Waals surface area (Å²) in [5, 5.41) is 0. The molecule has 0 aliphatic heterocycles. The van der Waals surface area contributed by atoms with Gasteiger partial charge in [0.2, 0.25) is 0 Å². The number of rotatable bonds is 2. The molecule has 0 spiro atoms. The molecule has 1 nitrogen and oxygen atoms in total. The van der Waals surface area contributed by atoms with Crippen molar-refractivity contribution in [2.45, 2.75) is 32.7 Å². The molecule has 0 aromatic rings. The first-order valence-electron chi connectivity index (χ1n) is 2.99. The maximum atomic E-state index is 7.35. The number of nitrogens with one attached hydrogen (secondary N) is 1. The van der Waals surface area contributed by atoms with Gasteiger partial charge in [-0.2, -0.15) is 0 Å². The quantitative estimate of drug-likeness (QED) is 0.488. The smallest absolute Gasteiger partial charge is 0.0446 e. The van der Waals surface area contributed by atoms with Crippen LogP contribution in [0.2, 0.25) is 0 Å². The van der Waals surface area contributed by atoms with E-state index in [4.69, 9.17) is 5.73 Å². The van der Waals surface area contributed by atoms with Gasteiger partial charge in [-0.15, -0.1) is 0 Å². The fourth-order valence-electron chi connectivity index (χ4n) is 0.412. The van der Waals surface area contributed by atoms with Gasteiger partial charge in [-0.3, -0.25) is 0 Å². The minimum atomic E-state index is -0.379. The van der Waals surface area contributed by atoms with Crippen LogP contribution >= 0.6 is 0 Å². The van der Waals surface area contributed by atoms with E-state index in [1.54, 1.807) is 0 Å². The summed E-state index contributed by atoms with van der Waals surface area (Å²) in [6.45, 7) is 5.82. The van der Waals surface area contributed by atoms with E-state index in [2.05, 4.69) is 6.92 Å². The highest BCUT2D eigenvalue weighted by molar-refractivity contribution is 4.97. The monoisotopic (exact) mass is 112 g/mol. The second-order valence-electron chi connectivity index (χ2n) is 2.53. The van der Waals surface area contributed by atoms with Gasteiger partial charge in [0.05, 0.1) is 0 Å². The Morgan fingerprint density at radius 2 is 2.00 bits per heavy atom. The van der Waals surface area contributed by atoms with Crippen LogP contribution in [0.3, 0.4) is 0 Å². The summed E-state index contributed by atoms with van der Waals surface area (Å²) in [4.78, 5) is 0. The Morgan fingerprint density at radius 1 is 1.50 bits per heavy atom. The molecule has 0 amide bonds. The first kappa shape index (κ1) is 7.70. The average Bonchev–Trinajstić information content (AvgIpc) is 1.59. The van der Waals surface area contributed by atoms with Crippen LogP contribution in [0.4, 0.5) is 0 Å². The van der Waals surface area contributed by atoms with E-state index in [0.717, 1.165) is 6.42 Å². The molecule has 1 N–H and O–H groups in total. The summed E-state index contributed by atoms with van der Waals surface area (Å²) >= 11 is 0. The molecule has 0 aromatic carbocycles. The highest BCUT2D eigenvalue weighted by Gasteiger charge is 2.03. The van der Waals surface area contributed by atoms with Crippen molar-refractivity contribution in [1.29, 1.82) is 0 Å². The normalized spacial score (nSPS) is 13.0. The van der Waals surface area contributed by atoms with Gasteiger partial charge >= 0.3 is 0 Å². The Hall–Kier alpha value is -0.300. The van der Waals surface area contributed by atoms with Gasteiger partial charge in [0, 0.05) is 5.54 Å². The van der Waals surface area contributed by atoms with Crippen LogP contribution in [-0.2, 0) is 0 Å². The van der Waals surface area contributed by atoms with Crippen LogP contribution < -0.4 is 5.73 Å². The van der Waals surface area contributed by atoms with Gasteiger partial charge in [-0.25, -0.2) is 5.73 Å². The molecule has 1 radical (unpaired) electrons. The summed E-state index contributed by atoms with van der Waals surface area (Å²) in [5.41, 5.74) is 6.97. The van der Waals surface area contributed by atoms with Crippen molar-refractivity contribution in [1.82, 2.24) is 5.73 Å². The van der Waals surface area contributed by atoms with Crippen LogP contribution in [-0.4, -0.2) is 5.54 Å². The lowest BCUT2D eigenvalue weighted by Crippen LogP contribution is -2.16. The second kappa shape index (κ2) is 2.88. The molecular formula is C7H14N. The number of allylic oxidation sites excluding steroid dienone is 1. The van der Waals surface area contributed by atoms with Crippen molar-refractivity contribution in [3.63, 3.8) is 0 Å². The first-order chi connectivity index (χ1) is 3.56. The topological polar surface area (TPSA) is 23.8 Å². The standard InChI is InChI=1S/C7H14N/c1-4-5-6-7(2,3)8/h5-6,8H,4H2,1-3H3/b6-5+. The zero-order chi connectivity index (χ0) is 6.62.